The molecule has 1 aromatic carbocycles. The molecule has 0 amide bonds. The Hall–Kier alpha value is -0.860. The lowest BCUT2D eigenvalue weighted by atomic mass is 9.90. The van der Waals surface area contributed by atoms with Gasteiger partial charge >= 0.3 is 0 Å². The summed E-state index contributed by atoms with van der Waals surface area (Å²) in [7, 11) is 0. The van der Waals surface area contributed by atoms with E-state index in [1.165, 1.54) is 12.0 Å². The first-order chi connectivity index (χ1) is 8.65. The molecule has 0 spiro atoms. The fraction of sp³-hybridized carbons (Fsp3) is 0.625. The molecule has 1 aromatic rings. The van der Waals surface area contributed by atoms with Crippen molar-refractivity contribution in [3.05, 3.63) is 35.4 Å². The molecule has 1 aliphatic carbocycles. The Morgan fingerprint density at radius 3 is 2.44 bits per heavy atom. The molecule has 1 heterocycles. The van der Waals surface area contributed by atoms with Crippen molar-refractivity contribution in [2.45, 2.75) is 38.8 Å². The van der Waals surface area contributed by atoms with Crippen molar-refractivity contribution in [1.29, 1.82) is 0 Å². The normalized spacial score (nSPS) is 36.6. The lowest BCUT2D eigenvalue weighted by Crippen LogP contribution is -2.46. The van der Waals surface area contributed by atoms with Crippen LogP contribution in [-0.4, -0.2) is 29.1 Å². The lowest BCUT2D eigenvalue weighted by Gasteiger charge is -2.40. The van der Waals surface area contributed by atoms with Crippen LogP contribution in [0.3, 0.4) is 0 Å². The highest BCUT2D eigenvalue weighted by atomic mass is 16.3. The third kappa shape index (κ3) is 2.08. The average Bonchev–Trinajstić information content (AvgIpc) is 2.66. The van der Waals surface area contributed by atoms with Crippen LogP contribution in [0.4, 0.5) is 0 Å². The lowest BCUT2D eigenvalue weighted by molar-refractivity contribution is 0.0221. The van der Waals surface area contributed by atoms with Crippen LogP contribution in [0.25, 0.3) is 0 Å². The number of fused-ring (bicyclic) bond motifs is 1. The first-order valence-corrected chi connectivity index (χ1v) is 7.15. The highest BCUT2D eigenvalue weighted by Crippen LogP contribution is 2.36. The standard InChI is InChI=1S/C16H23NO/c1-11-7-12(2)10-17(9-11)15-8-13-5-3-4-6-14(13)16(15)18/h3-6,11-12,15-16,18H,7-10H2,1-2H3. The summed E-state index contributed by atoms with van der Waals surface area (Å²) in [5, 5.41) is 10.5. The Bertz CT molecular complexity index is 421. The molecule has 3 rings (SSSR count). The number of hydrogen-bond acceptors (Lipinski definition) is 2. The molecule has 2 nitrogen and oxygen atoms in total. The fourth-order valence-electron chi connectivity index (χ4n) is 3.86. The molecule has 0 saturated carbocycles. The highest BCUT2D eigenvalue weighted by Gasteiger charge is 2.37. The number of aliphatic hydroxyl groups excluding tert-OH is 1. The van der Waals surface area contributed by atoms with Crippen LogP contribution in [0.2, 0.25) is 0 Å². The van der Waals surface area contributed by atoms with Gasteiger partial charge in [-0.2, -0.15) is 0 Å². The summed E-state index contributed by atoms with van der Waals surface area (Å²) in [5.41, 5.74) is 2.48. The summed E-state index contributed by atoms with van der Waals surface area (Å²) in [4.78, 5) is 2.52. The highest BCUT2D eigenvalue weighted by molar-refractivity contribution is 5.35. The fourth-order valence-corrected chi connectivity index (χ4v) is 3.86. The number of rotatable bonds is 1. The van der Waals surface area contributed by atoms with Gasteiger partial charge in [0, 0.05) is 19.1 Å². The van der Waals surface area contributed by atoms with Crippen molar-refractivity contribution in [2.24, 2.45) is 11.8 Å². The largest absolute Gasteiger partial charge is 0.387 e. The number of likely N-dealkylation sites (tertiary alicyclic amines) is 1. The molecule has 1 aliphatic heterocycles. The smallest absolute Gasteiger partial charge is 0.0951 e. The van der Waals surface area contributed by atoms with Crippen LogP contribution in [0, 0.1) is 11.8 Å². The molecule has 2 aliphatic rings. The van der Waals surface area contributed by atoms with E-state index in [1.807, 2.05) is 6.07 Å². The Morgan fingerprint density at radius 1 is 1.11 bits per heavy atom. The van der Waals surface area contributed by atoms with Crippen LogP contribution >= 0.6 is 0 Å². The molecule has 4 unspecified atom stereocenters. The zero-order valence-electron chi connectivity index (χ0n) is 11.3. The van der Waals surface area contributed by atoms with Crippen LogP contribution in [-0.2, 0) is 6.42 Å². The summed E-state index contributed by atoms with van der Waals surface area (Å²) >= 11 is 0. The first-order valence-electron chi connectivity index (χ1n) is 7.15. The van der Waals surface area contributed by atoms with Crippen molar-refractivity contribution in [3.63, 3.8) is 0 Å². The van der Waals surface area contributed by atoms with Crippen molar-refractivity contribution in [2.75, 3.05) is 13.1 Å². The molecule has 1 saturated heterocycles. The Kier molecular flexibility index (Phi) is 3.16. The SMILES string of the molecule is CC1CC(C)CN(C2Cc3ccccc3C2O)C1. The third-order valence-corrected chi connectivity index (χ3v) is 4.53. The molecular weight excluding hydrogens is 222 g/mol. The minimum atomic E-state index is -0.293. The molecular formula is C16H23NO. The van der Waals surface area contributed by atoms with Crippen molar-refractivity contribution < 1.29 is 5.11 Å². The van der Waals surface area contributed by atoms with E-state index in [9.17, 15) is 5.11 Å². The van der Waals surface area contributed by atoms with E-state index < -0.39 is 0 Å². The zero-order chi connectivity index (χ0) is 12.7. The van der Waals surface area contributed by atoms with Gasteiger partial charge in [0.05, 0.1) is 6.10 Å². The van der Waals surface area contributed by atoms with Crippen LogP contribution < -0.4 is 0 Å². The molecule has 0 aromatic heterocycles. The van der Waals surface area contributed by atoms with E-state index in [-0.39, 0.29) is 6.10 Å². The molecule has 2 heteroatoms. The Balaban J connectivity index is 1.79. The van der Waals surface area contributed by atoms with Crippen LogP contribution in [0.1, 0.15) is 37.5 Å². The number of hydrogen-bond donors (Lipinski definition) is 1. The Labute approximate surface area is 110 Å². The third-order valence-electron chi connectivity index (χ3n) is 4.53. The second-order valence-corrected chi connectivity index (χ2v) is 6.32. The monoisotopic (exact) mass is 245 g/mol. The molecule has 98 valence electrons. The average molecular weight is 245 g/mol. The predicted octanol–water partition coefficient (Wildman–Crippen LogP) is 2.62. The first kappa shape index (κ1) is 12.2. The maximum atomic E-state index is 10.5. The van der Waals surface area contributed by atoms with Crippen molar-refractivity contribution >= 4 is 0 Å². The van der Waals surface area contributed by atoms with Gasteiger partial charge in [0.25, 0.3) is 0 Å². The van der Waals surface area contributed by atoms with Gasteiger partial charge in [0.1, 0.15) is 0 Å². The molecule has 1 fully saturated rings. The van der Waals surface area contributed by atoms with Gasteiger partial charge in [-0.15, -0.1) is 0 Å². The summed E-state index contributed by atoms with van der Waals surface area (Å²) in [6, 6.07) is 8.65. The van der Waals surface area contributed by atoms with Gasteiger partial charge in [0.15, 0.2) is 0 Å². The topological polar surface area (TPSA) is 23.5 Å². The van der Waals surface area contributed by atoms with Crippen molar-refractivity contribution in [1.82, 2.24) is 4.90 Å². The quantitative estimate of drug-likeness (QED) is 0.822. The maximum Gasteiger partial charge on any atom is 0.0951 e. The molecule has 0 radical (unpaired) electrons. The summed E-state index contributed by atoms with van der Waals surface area (Å²) in [6.45, 7) is 6.94. The Morgan fingerprint density at radius 2 is 1.78 bits per heavy atom. The minimum absolute atomic E-state index is 0.293. The minimum Gasteiger partial charge on any atom is -0.387 e. The second-order valence-electron chi connectivity index (χ2n) is 6.32. The van der Waals surface area contributed by atoms with Gasteiger partial charge in [-0.25, -0.2) is 0 Å². The van der Waals surface area contributed by atoms with Crippen LogP contribution in [0.5, 0.6) is 0 Å². The maximum absolute atomic E-state index is 10.5. The summed E-state index contributed by atoms with van der Waals surface area (Å²) in [6.07, 6.45) is 2.04. The van der Waals surface area contributed by atoms with E-state index in [2.05, 4.69) is 36.9 Å². The number of nitrogens with zero attached hydrogens (tertiary/aromatic N) is 1. The van der Waals surface area contributed by atoms with E-state index in [1.54, 1.807) is 0 Å². The number of benzene rings is 1. The van der Waals surface area contributed by atoms with Crippen molar-refractivity contribution in [3.8, 4) is 0 Å². The summed E-state index contributed by atoms with van der Waals surface area (Å²) in [5.74, 6) is 1.51. The van der Waals surface area contributed by atoms with E-state index in [0.29, 0.717) is 6.04 Å². The molecule has 0 bridgehead atoms. The van der Waals surface area contributed by atoms with Gasteiger partial charge < -0.3 is 5.11 Å². The van der Waals surface area contributed by atoms with Gasteiger partial charge in [-0.1, -0.05) is 38.1 Å². The van der Waals surface area contributed by atoms with E-state index >= 15 is 0 Å². The number of piperidine rings is 1. The van der Waals surface area contributed by atoms with Gasteiger partial charge in [-0.05, 0) is 35.8 Å². The molecule has 1 N–H and O–H groups in total. The zero-order valence-corrected chi connectivity index (χ0v) is 11.3. The van der Waals surface area contributed by atoms with Gasteiger partial charge in [0.2, 0.25) is 0 Å². The van der Waals surface area contributed by atoms with Gasteiger partial charge in [-0.3, -0.25) is 4.90 Å². The molecule has 18 heavy (non-hydrogen) atoms. The molecule has 4 atom stereocenters. The predicted molar refractivity (Wildman–Crippen MR) is 73.4 cm³/mol. The summed E-state index contributed by atoms with van der Waals surface area (Å²) < 4.78 is 0. The van der Waals surface area contributed by atoms with E-state index in [0.717, 1.165) is 36.9 Å². The van der Waals surface area contributed by atoms with E-state index in [4.69, 9.17) is 0 Å². The number of aliphatic hydroxyl groups is 1. The second kappa shape index (κ2) is 4.67. The van der Waals surface area contributed by atoms with Crippen LogP contribution in [0.15, 0.2) is 24.3 Å².